The maximum absolute atomic E-state index is 11.7. The zero-order valence-electron chi connectivity index (χ0n) is 9.62. The van der Waals surface area contributed by atoms with Crippen molar-refractivity contribution in [3.63, 3.8) is 0 Å². The van der Waals surface area contributed by atoms with Crippen LogP contribution in [0.25, 0.3) is 0 Å². The fourth-order valence-corrected chi connectivity index (χ4v) is 1.21. The highest BCUT2D eigenvalue weighted by atomic mass is 16.6. The van der Waals surface area contributed by atoms with Crippen LogP contribution in [-0.4, -0.2) is 40.5 Å². The van der Waals surface area contributed by atoms with E-state index in [1.165, 1.54) is 11.0 Å². The summed E-state index contributed by atoms with van der Waals surface area (Å²) in [6, 6.07) is 2.40. The van der Waals surface area contributed by atoms with E-state index in [4.69, 9.17) is 9.52 Å². The molecule has 1 heterocycles. The summed E-state index contributed by atoms with van der Waals surface area (Å²) in [4.78, 5) is 22.7. The Hall–Kier alpha value is -1.89. The first-order chi connectivity index (χ1) is 7.91. The van der Waals surface area contributed by atoms with Gasteiger partial charge >= 0.3 is 5.88 Å². The number of hydrogen-bond donors (Lipinski definition) is 1. The van der Waals surface area contributed by atoms with E-state index in [2.05, 4.69) is 0 Å². The molecule has 1 unspecified atom stereocenters. The normalized spacial score (nSPS) is 12.2. The van der Waals surface area contributed by atoms with Crippen molar-refractivity contribution in [3.05, 3.63) is 28.0 Å². The molecular weight excluding hydrogens is 228 g/mol. The predicted molar refractivity (Wildman–Crippen MR) is 58.6 cm³/mol. The summed E-state index contributed by atoms with van der Waals surface area (Å²) in [5, 5.41) is 19.5. The molecule has 1 aromatic rings. The van der Waals surface area contributed by atoms with E-state index in [9.17, 15) is 14.9 Å². The molecule has 1 atom stereocenters. The lowest BCUT2D eigenvalue weighted by atomic mass is 10.2. The molecule has 1 rings (SSSR count). The Morgan fingerprint density at radius 1 is 1.65 bits per heavy atom. The van der Waals surface area contributed by atoms with Crippen molar-refractivity contribution in [2.24, 2.45) is 0 Å². The van der Waals surface area contributed by atoms with Crippen LogP contribution in [0.2, 0.25) is 0 Å². The quantitative estimate of drug-likeness (QED) is 0.614. The first-order valence-electron chi connectivity index (χ1n) is 5.09. The Labute approximate surface area is 97.8 Å². The second-order valence-corrected chi connectivity index (χ2v) is 3.76. The molecule has 0 fully saturated rings. The van der Waals surface area contributed by atoms with E-state index in [0.29, 0.717) is 13.0 Å². The summed E-state index contributed by atoms with van der Waals surface area (Å²) in [5.41, 5.74) is 0. The molecule has 17 heavy (non-hydrogen) atoms. The number of amides is 1. The van der Waals surface area contributed by atoms with Crippen LogP contribution in [0.3, 0.4) is 0 Å². The van der Waals surface area contributed by atoms with Gasteiger partial charge in [0.15, 0.2) is 5.76 Å². The number of carbonyl (C=O) groups excluding carboxylic acids is 1. The van der Waals surface area contributed by atoms with Gasteiger partial charge in [-0.05, 0) is 19.4 Å². The molecule has 0 saturated carbocycles. The molecule has 0 saturated heterocycles. The highest BCUT2D eigenvalue weighted by Gasteiger charge is 2.20. The fourth-order valence-electron chi connectivity index (χ4n) is 1.21. The summed E-state index contributed by atoms with van der Waals surface area (Å²) in [5.74, 6) is -0.985. The van der Waals surface area contributed by atoms with Crippen LogP contribution in [0.1, 0.15) is 23.9 Å². The number of rotatable bonds is 5. The maximum Gasteiger partial charge on any atom is 0.433 e. The molecule has 7 nitrogen and oxygen atoms in total. The van der Waals surface area contributed by atoms with E-state index in [1.54, 1.807) is 14.0 Å². The average Bonchev–Trinajstić information content (AvgIpc) is 2.73. The molecule has 0 bridgehead atoms. The van der Waals surface area contributed by atoms with Crippen molar-refractivity contribution < 1.29 is 19.2 Å². The Balaban J connectivity index is 2.65. The zero-order valence-corrected chi connectivity index (χ0v) is 9.62. The second-order valence-electron chi connectivity index (χ2n) is 3.76. The summed E-state index contributed by atoms with van der Waals surface area (Å²) in [7, 11) is 1.54. The third kappa shape index (κ3) is 3.56. The van der Waals surface area contributed by atoms with Gasteiger partial charge in [0.1, 0.15) is 4.92 Å². The van der Waals surface area contributed by atoms with Crippen LogP contribution < -0.4 is 0 Å². The van der Waals surface area contributed by atoms with Crippen LogP contribution in [0, 0.1) is 10.1 Å². The molecule has 0 radical (unpaired) electrons. The maximum atomic E-state index is 11.7. The van der Waals surface area contributed by atoms with Crippen LogP contribution in [0.5, 0.6) is 0 Å². The van der Waals surface area contributed by atoms with Crippen LogP contribution >= 0.6 is 0 Å². The predicted octanol–water partition coefficient (Wildman–Crippen LogP) is 1.03. The minimum atomic E-state index is -0.702. The first kappa shape index (κ1) is 13.2. The molecule has 0 aromatic carbocycles. The Kier molecular flexibility index (Phi) is 4.22. The van der Waals surface area contributed by atoms with Crippen LogP contribution in [-0.2, 0) is 0 Å². The van der Waals surface area contributed by atoms with Crippen molar-refractivity contribution >= 4 is 11.8 Å². The fraction of sp³-hybridized carbons (Fsp3) is 0.500. The average molecular weight is 242 g/mol. The van der Waals surface area contributed by atoms with E-state index in [-0.39, 0.29) is 5.76 Å². The summed E-state index contributed by atoms with van der Waals surface area (Å²) < 4.78 is 4.78. The zero-order chi connectivity index (χ0) is 13.0. The Bertz CT molecular complexity index is 413. The van der Waals surface area contributed by atoms with Crippen molar-refractivity contribution in [2.75, 3.05) is 13.6 Å². The van der Waals surface area contributed by atoms with E-state index < -0.39 is 22.8 Å². The number of nitro groups is 1. The molecule has 7 heteroatoms. The number of furan rings is 1. The Morgan fingerprint density at radius 2 is 2.29 bits per heavy atom. The van der Waals surface area contributed by atoms with Gasteiger partial charge in [0, 0.05) is 13.6 Å². The van der Waals surface area contributed by atoms with Gasteiger partial charge < -0.3 is 14.4 Å². The van der Waals surface area contributed by atoms with Crippen molar-refractivity contribution in [3.8, 4) is 0 Å². The molecule has 1 amide bonds. The van der Waals surface area contributed by atoms with Crippen LogP contribution in [0.4, 0.5) is 5.88 Å². The van der Waals surface area contributed by atoms with E-state index in [1.807, 2.05) is 0 Å². The minimum Gasteiger partial charge on any atom is -0.395 e. The SMILES string of the molecule is CC(O)CCN(C)C(=O)c1ccc([N+](=O)[O-])o1. The summed E-state index contributed by atoms with van der Waals surface area (Å²) in [6.07, 6.45) is -0.0680. The monoisotopic (exact) mass is 242 g/mol. The summed E-state index contributed by atoms with van der Waals surface area (Å²) >= 11 is 0. The molecule has 0 aliphatic heterocycles. The van der Waals surface area contributed by atoms with Gasteiger partial charge in [-0.3, -0.25) is 14.9 Å². The number of hydrogen-bond acceptors (Lipinski definition) is 5. The number of aliphatic hydroxyl groups is 1. The third-order valence-corrected chi connectivity index (χ3v) is 2.21. The highest BCUT2D eigenvalue weighted by molar-refractivity contribution is 5.91. The van der Waals surface area contributed by atoms with Crippen molar-refractivity contribution in [2.45, 2.75) is 19.4 Å². The van der Waals surface area contributed by atoms with Crippen molar-refractivity contribution in [1.82, 2.24) is 4.90 Å². The topological polar surface area (TPSA) is 96.8 Å². The minimum absolute atomic E-state index is 0.0789. The number of aliphatic hydroxyl groups excluding tert-OH is 1. The van der Waals surface area contributed by atoms with E-state index in [0.717, 1.165) is 6.07 Å². The van der Waals surface area contributed by atoms with Gasteiger partial charge in [0.05, 0.1) is 12.2 Å². The number of carbonyl (C=O) groups is 1. The lowest BCUT2D eigenvalue weighted by molar-refractivity contribution is -0.402. The van der Waals surface area contributed by atoms with Gasteiger partial charge in [-0.15, -0.1) is 0 Å². The molecule has 0 aliphatic rings. The van der Waals surface area contributed by atoms with Gasteiger partial charge in [-0.1, -0.05) is 0 Å². The summed E-state index contributed by atoms with van der Waals surface area (Å²) in [6.45, 7) is 1.97. The largest absolute Gasteiger partial charge is 0.433 e. The van der Waals surface area contributed by atoms with E-state index >= 15 is 0 Å². The molecule has 94 valence electrons. The lowest BCUT2D eigenvalue weighted by Crippen LogP contribution is -2.29. The highest BCUT2D eigenvalue weighted by Crippen LogP contribution is 2.16. The molecule has 0 spiro atoms. The second kappa shape index (κ2) is 5.44. The van der Waals surface area contributed by atoms with Crippen LogP contribution in [0.15, 0.2) is 16.5 Å². The number of nitrogens with zero attached hydrogens (tertiary/aromatic N) is 2. The smallest absolute Gasteiger partial charge is 0.395 e. The Morgan fingerprint density at radius 3 is 2.76 bits per heavy atom. The molecule has 0 aliphatic carbocycles. The van der Waals surface area contributed by atoms with Gasteiger partial charge in [-0.25, -0.2) is 0 Å². The standard InChI is InChI=1S/C10H14N2O5/c1-7(13)5-6-11(2)10(14)8-3-4-9(17-8)12(15)16/h3-4,7,13H,5-6H2,1-2H3. The first-order valence-corrected chi connectivity index (χ1v) is 5.09. The molecule has 1 N–H and O–H groups in total. The van der Waals surface area contributed by atoms with Crippen molar-refractivity contribution in [1.29, 1.82) is 0 Å². The van der Waals surface area contributed by atoms with Gasteiger partial charge in [0.2, 0.25) is 0 Å². The lowest BCUT2D eigenvalue weighted by Gasteiger charge is -2.16. The molecule has 1 aromatic heterocycles. The third-order valence-electron chi connectivity index (χ3n) is 2.21. The molecular formula is C10H14N2O5. The van der Waals surface area contributed by atoms with Gasteiger partial charge in [0.25, 0.3) is 5.91 Å². The van der Waals surface area contributed by atoms with Gasteiger partial charge in [-0.2, -0.15) is 0 Å².